The summed E-state index contributed by atoms with van der Waals surface area (Å²) in [6.07, 6.45) is 8.13. The molecule has 0 aromatic rings. The SMILES string of the molecule is CC1CCCC(CO)N1CC(=O)N1CCCCCC1. The molecule has 2 unspecified atom stereocenters. The normalized spacial score (nSPS) is 30.1. The monoisotopic (exact) mass is 268 g/mol. The van der Waals surface area contributed by atoms with Gasteiger partial charge in [-0.25, -0.2) is 0 Å². The molecular formula is C15H28N2O2. The quantitative estimate of drug-likeness (QED) is 0.846. The van der Waals surface area contributed by atoms with Crippen LogP contribution in [0.3, 0.4) is 0 Å². The molecule has 0 aliphatic carbocycles. The topological polar surface area (TPSA) is 43.8 Å². The van der Waals surface area contributed by atoms with Gasteiger partial charge >= 0.3 is 0 Å². The van der Waals surface area contributed by atoms with Gasteiger partial charge in [0.15, 0.2) is 0 Å². The van der Waals surface area contributed by atoms with Crippen LogP contribution >= 0.6 is 0 Å². The van der Waals surface area contributed by atoms with Gasteiger partial charge in [-0.1, -0.05) is 19.3 Å². The Kier molecular flexibility index (Phi) is 5.64. The predicted molar refractivity (Wildman–Crippen MR) is 75.9 cm³/mol. The Labute approximate surface area is 116 Å². The van der Waals surface area contributed by atoms with E-state index in [0.29, 0.717) is 12.6 Å². The summed E-state index contributed by atoms with van der Waals surface area (Å²) < 4.78 is 0. The van der Waals surface area contributed by atoms with Crippen molar-refractivity contribution in [2.24, 2.45) is 0 Å². The van der Waals surface area contributed by atoms with Crippen molar-refractivity contribution in [3.8, 4) is 0 Å². The second-order valence-electron chi connectivity index (χ2n) is 6.08. The zero-order valence-corrected chi connectivity index (χ0v) is 12.2. The fourth-order valence-electron chi connectivity index (χ4n) is 3.40. The highest BCUT2D eigenvalue weighted by Gasteiger charge is 2.30. The zero-order valence-electron chi connectivity index (χ0n) is 12.2. The Hall–Kier alpha value is -0.610. The number of hydrogen-bond donors (Lipinski definition) is 1. The van der Waals surface area contributed by atoms with Crippen molar-refractivity contribution >= 4 is 5.91 Å². The summed E-state index contributed by atoms with van der Waals surface area (Å²) in [5, 5.41) is 9.48. The predicted octanol–water partition coefficient (Wildman–Crippen LogP) is 1.62. The highest BCUT2D eigenvalue weighted by molar-refractivity contribution is 5.78. The van der Waals surface area contributed by atoms with Gasteiger partial charge < -0.3 is 10.0 Å². The van der Waals surface area contributed by atoms with Crippen molar-refractivity contribution in [2.75, 3.05) is 26.2 Å². The minimum Gasteiger partial charge on any atom is -0.395 e. The molecule has 4 heteroatoms. The number of aliphatic hydroxyl groups is 1. The molecule has 0 aromatic carbocycles. The number of carbonyl (C=O) groups excluding carboxylic acids is 1. The van der Waals surface area contributed by atoms with E-state index in [1.165, 1.54) is 19.3 Å². The molecular weight excluding hydrogens is 240 g/mol. The van der Waals surface area contributed by atoms with Crippen LogP contribution in [0.5, 0.6) is 0 Å². The largest absolute Gasteiger partial charge is 0.395 e. The third-order valence-corrected chi connectivity index (χ3v) is 4.68. The maximum atomic E-state index is 12.4. The molecule has 2 atom stereocenters. The molecule has 0 bridgehead atoms. The minimum absolute atomic E-state index is 0.178. The maximum Gasteiger partial charge on any atom is 0.236 e. The van der Waals surface area contributed by atoms with Gasteiger partial charge in [0.1, 0.15) is 0 Å². The van der Waals surface area contributed by atoms with Crippen molar-refractivity contribution in [3.05, 3.63) is 0 Å². The van der Waals surface area contributed by atoms with Crippen LogP contribution in [0.15, 0.2) is 0 Å². The number of likely N-dealkylation sites (tertiary alicyclic amines) is 2. The molecule has 110 valence electrons. The van der Waals surface area contributed by atoms with Crippen LogP contribution in [0, 0.1) is 0 Å². The molecule has 0 saturated carbocycles. The summed E-state index contributed by atoms with van der Waals surface area (Å²) >= 11 is 0. The fraction of sp³-hybridized carbons (Fsp3) is 0.933. The van der Waals surface area contributed by atoms with E-state index in [9.17, 15) is 9.90 Å². The first-order valence-corrected chi connectivity index (χ1v) is 7.86. The summed E-state index contributed by atoms with van der Waals surface area (Å²) in [4.78, 5) is 16.7. The molecule has 2 rings (SSSR count). The average Bonchev–Trinajstić information content (AvgIpc) is 2.70. The summed E-state index contributed by atoms with van der Waals surface area (Å²) in [5.41, 5.74) is 0. The first kappa shape index (κ1) is 14.8. The van der Waals surface area contributed by atoms with Gasteiger partial charge in [-0.05, 0) is 32.6 Å². The van der Waals surface area contributed by atoms with Crippen LogP contribution in [0.4, 0.5) is 0 Å². The molecule has 1 N–H and O–H groups in total. The van der Waals surface area contributed by atoms with Crippen molar-refractivity contribution in [2.45, 2.75) is 64.0 Å². The van der Waals surface area contributed by atoms with Gasteiger partial charge in [-0.3, -0.25) is 9.69 Å². The van der Waals surface area contributed by atoms with E-state index in [1.807, 2.05) is 4.90 Å². The second-order valence-corrected chi connectivity index (χ2v) is 6.08. The van der Waals surface area contributed by atoms with Gasteiger partial charge in [-0.15, -0.1) is 0 Å². The number of piperidine rings is 1. The smallest absolute Gasteiger partial charge is 0.236 e. The van der Waals surface area contributed by atoms with Crippen LogP contribution < -0.4 is 0 Å². The van der Waals surface area contributed by atoms with Crippen LogP contribution in [0.1, 0.15) is 51.9 Å². The Balaban J connectivity index is 1.91. The van der Waals surface area contributed by atoms with E-state index in [0.717, 1.165) is 38.8 Å². The van der Waals surface area contributed by atoms with Gasteiger partial charge in [0.05, 0.1) is 13.2 Å². The molecule has 4 nitrogen and oxygen atoms in total. The molecule has 0 radical (unpaired) electrons. The number of nitrogens with zero attached hydrogens (tertiary/aromatic N) is 2. The highest BCUT2D eigenvalue weighted by Crippen LogP contribution is 2.22. The molecule has 2 heterocycles. The summed E-state index contributed by atoms with van der Waals surface area (Å²) in [5.74, 6) is 0.258. The number of hydrogen-bond acceptors (Lipinski definition) is 3. The number of rotatable bonds is 3. The Morgan fingerprint density at radius 3 is 2.42 bits per heavy atom. The standard InChI is InChI=1S/C15H28N2O2/c1-13-7-6-8-14(12-18)17(13)11-15(19)16-9-4-2-3-5-10-16/h13-14,18H,2-12H2,1H3. The van der Waals surface area contributed by atoms with E-state index in [4.69, 9.17) is 0 Å². The molecule has 2 aliphatic heterocycles. The number of amides is 1. The molecule has 19 heavy (non-hydrogen) atoms. The Morgan fingerprint density at radius 1 is 1.11 bits per heavy atom. The highest BCUT2D eigenvalue weighted by atomic mass is 16.3. The van der Waals surface area contributed by atoms with Gasteiger partial charge in [0, 0.05) is 25.2 Å². The average molecular weight is 268 g/mol. The zero-order chi connectivity index (χ0) is 13.7. The third-order valence-electron chi connectivity index (χ3n) is 4.68. The molecule has 0 spiro atoms. The van der Waals surface area contributed by atoms with E-state index < -0.39 is 0 Å². The van der Waals surface area contributed by atoms with E-state index in [2.05, 4.69) is 11.8 Å². The van der Waals surface area contributed by atoms with Gasteiger partial charge in [-0.2, -0.15) is 0 Å². The van der Waals surface area contributed by atoms with E-state index >= 15 is 0 Å². The first-order valence-electron chi connectivity index (χ1n) is 7.86. The van der Waals surface area contributed by atoms with Gasteiger partial charge in [0.2, 0.25) is 5.91 Å². The maximum absolute atomic E-state index is 12.4. The van der Waals surface area contributed by atoms with Gasteiger partial charge in [0.25, 0.3) is 0 Å². The Morgan fingerprint density at radius 2 is 1.79 bits per heavy atom. The Bertz CT molecular complexity index is 288. The van der Waals surface area contributed by atoms with Crippen molar-refractivity contribution < 1.29 is 9.90 Å². The van der Waals surface area contributed by atoms with E-state index in [-0.39, 0.29) is 18.6 Å². The fourth-order valence-corrected chi connectivity index (χ4v) is 3.40. The molecule has 2 saturated heterocycles. The van der Waals surface area contributed by atoms with Crippen LogP contribution in [0.2, 0.25) is 0 Å². The van der Waals surface area contributed by atoms with E-state index in [1.54, 1.807) is 0 Å². The third kappa shape index (κ3) is 3.93. The summed E-state index contributed by atoms with van der Waals surface area (Å²) in [6.45, 7) is 4.69. The molecule has 2 aliphatic rings. The first-order chi connectivity index (χ1) is 9.22. The molecule has 2 fully saturated rings. The lowest BCUT2D eigenvalue weighted by Gasteiger charge is -2.40. The summed E-state index contributed by atoms with van der Waals surface area (Å²) in [7, 11) is 0. The van der Waals surface area contributed by atoms with Crippen LogP contribution in [0.25, 0.3) is 0 Å². The van der Waals surface area contributed by atoms with Crippen molar-refractivity contribution in [1.29, 1.82) is 0 Å². The number of aliphatic hydroxyl groups excluding tert-OH is 1. The lowest BCUT2D eigenvalue weighted by atomic mass is 9.97. The minimum atomic E-state index is 0.178. The van der Waals surface area contributed by atoms with Crippen molar-refractivity contribution in [1.82, 2.24) is 9.80 Å². The molecule has 1 amide bonds. The van der Waals surface area contributed by atoms with Crippen molar-refractivity contribution in [3.63, 3.8) is 0 Å². The second kappa shape index (κ2) is 7.25. The molecule has 0 aromatic heterocycles. The lowest BCUT2D eigenvalue weighted by molar-refractivity contribution is -0.134. The lowest BCUT2D eigenvalue weighted by Crippen LogP contribution is -2.52. The van der Waals surface area contributed by atoms with Crippen LogP contribution in [-0.4, -0.2) is 59.1 Å². The number of carbonyl (C=O) groups is 1. The summed E-state index contributed by atoms with van der Waals surface area (Å²) in [6, 6.07) is 0.599. The van der Waals surface area contributed by atoms with Crippen LogP contribution in [-0.2, 0) is 4.79 Å².